The third kappa shape index (κ3) is 9.56. The molecule has 0 rings (SSSR count). The first-order chi connectivity index (χ1) is 5.41. The van der Waals surface area contributed by atoms with Crippen molar-refractivity contribution in [2.24, 2.45) is 0 Å². The Morgan fingerprint density at radius 1 is 1.09 bits per heavy atom. The van der Waals surface area contributed by atoms with Gasteiger partial charge in [-0.25, -0.2) is 0 Å². The van der Waals surface area contributed by atoms with Crippen molar-refractivity contribution in [1.82, 2.24) is 0 Å². The van der Waals surface area contributed by atoms with E-state index < -0.39 is 0 Å². The van der Waals surface area contributed by atoms with Crippen molar-refractivity contribution in [2.75, 3.05) is 0 Å². The lowest BCUT2D eigenvalue weighted by Crippen LogP contribution is -1.79. The Labute approximate surface area is 71.4 Å². The zero-order valence-electron chi connectivity index (χ0n) is 7.60. The summed E-state index contributed by atoms with van der Waals surface area (Å²) in [4.78, 5) is 0. The molecule has 63 valence electrons. The Balaban J connectivity index is 2.75. The lowest BCUT2D eigenvalue weighted by Gasteiger charge is -1.97. The highest BCUT2D eigenvalue weighted by Gasteiger charge is 1.88. The maximum Gasteiger partial charge on any atom is 0.0337 e. The van der Waals surface area contributed by atoms with Crippen LogP contribution in [0.25, 0.3) is 0 Å². The van der Waals surface area contributed by atoms with Gasteiger partial charge in [-0.2, -0.15) is 0 Å². The number of hydrogen-bond donors (Lipinski definition) is 0. The standard InChI is InChI=1S/C11H19/c1-3-5-7-9-11-10-8-6-4-2/h1,5H,4,6-11H2,2H3. The molecule has 0 atom stereocenters. The Kier molecular flexibility index (Phi) is 9.18. The molecule has 0 nitrogen and oxygen atoms in total. The molecule has 11 heavy (non-hydrogen) atoms. The first-order valence-electron chi connectivity index (χ1n) is 4.69. The maximum absolute atomic E-state index is 5.09. The van der Waals surface area contributed by atoms with Gasteiger partial charge in [0.1, 0.15) is 0 Å². The summed E-state index contributed by atoms with van der Waals surface area (Å²) in [6.45, 7) is 2.24. The van der Waals surface area contributed by atoms with Crippen LogP contribution in [-0.4, -0.2) is 0 Å². The van der Waals surface area contributed by atoms with E-state index in [0.717, 1.165) is 6.42 Å². The van der Waals surface area contributed by atoms with E-state index in [1.165, 1.54) is 38.5 Å². The first-order valence-corrected chi connectivity index (χ1v) is 4.69. The van der Waals surface area contributed by atoms with Crippen molar-refractivity contribution < 1.29 is 0 Å². The van der Waals surface area contributed by atoms with Crippen LogP contribution in [0.3, 0.4) is 0 Å². The summed E-state index contributed by atoms with van der Waals surface area (Å²) in [6.07, 6.45) is 16.2. The summed E-state index contributed by atoms with van der Waals surface area (Å²) >= 11 is 0. The highest BCUT2D eigenvalue weighted by molar-refractivity contribution is 4.99. The molecule has 0 saturated heterocycles. The van der Waals surface area contributed by atoms with Gasteiger partial charge in [0.25, 0.3) is 0 Å². The van der Waals surface area contributed by atoms with Crippen LogP contribution in [0.2, 0.25) is 0 Å². The molecular weight excluding hydrogens is 132 g/mol. The fourth-order valence-electron chi connectivity index (χ4n) is 1.11. The highest BCUT2D eigenvalue weighted by Crippen LogP contribution is 2.07. The van der Waals surface area contributed by atoms with Gasteiger partial charge in [0, 0.05) is 6.42 Å². The molecule has 0 unspecified atom stereocenters. The molecule has 0 aromatic heterocycles. The number of terminal acetylenes is 1. The van der Waals surface area contributed by atoms with Gasteiger partial charge in [0.15, 0.2) is 0 Å². The van der Waals surface area contributed by atoms with E-state index in [0.29, 0.717) is 0 Å². The van der Waals surface area contributed by atoms with Gasteiger partial charge >= 0.3 is 0 Å². The molecule has 1 radical (unpaired) electrons. The number of rotatable bonds is 7. The van der Waals surface area contributed by atoms with Crippen LogP contribution in [0.4, 0.5) is 0 Å². The summed E-state index contributed by atoms with van der Waals surface area (Å²) < 4.78 is 0. The Bertz CT molecular complexity index is 97.1. The molecule has 0 saturated carbocycles. The summed E-state index contributed by atoms with van der Waals surface area (Å²) in [5, 5.41) is 0. The molecule has 0 aliphatic carbocycles. The molecule has 0 amide bonds. The molecular formula is C11H19. The van der Waals surface area contributed by atoms with Crippen LogP contribution in [-0.2, 0) is 0 Å². The molecule has 0 bridgehead atoms. The third-order valence-corrected chi connectivity index (χ3v) is 1.82. The summed E-state index contributed by atoms with van der Waals surface area (Å²) in [6, 6.07) is 0. The summed E-state index contributed by atoms with van der Waals surface area (Å²) in [5.74, 6) is 2.54. The molecule has 0 heterocycles. The van der Waals surface area contributed by atoms with Gasteiger partial charge in [0.05, 0.1) is 0 Å². The van der Waals surface area contributed by atoms with Gasteiger partial charge < -0.3 is 0 Å². The minimum Gasteiger partial charge on any atom is -0.120 e. The van der Waals surface area contributed by atoms with Gasteiger partial charge in [-0.05, 0) is 6.42 Å². The van der Waals surface area contributed by atoms with Gasteiger partial charge in [-0.1, -0.05) is 45.4 Å². The average molecular weight is 151 g/mol. The van der Waals surface area contributed by atoms with Gasteiger partial charge in [0.2, 0.25) is 0 Å². The second kappa shape index (κ2) is 9.56. The molecule has 0 N–H and O–H groups in total. The topological polar surface area (TPSA) is 0 Å². The summed E-state index contributed by atoms with van der Waals surface area (Å²) in [7, 11) is 0. The Hall–Kier alpha value is -0.440. The highest BCUT2D eigenvalue weighted by atomic mass is 13.9. The molecule has 0 aliphatic heterocycles. The van der Waals surface area contributed by atoms with E-state index in [4.69, 9.17) is 6.42 Å². The van der Waals surface area contributed by atoms with Crippen molar-refractivity contribution in [3.8, 4) is 12.3 Å². The van der Waals surface area contributed by atoms with Gasteiger partial charge in [-0.3, -0.25) is 0 Å². The smallest absolute Gasteiger partial charge is 0.0337 e. The quantitative estimate of drug-likeness (QED) is 0.385. The SMILES string of the molecule is C#C[CH]CCCCCCCC. The monoisotopic (exact) mass is 151 g/mol. The second-order valence-corrected chi connectivity index (χ2v) is 2.93. The normalized spacial score (nSPS) is 9.45. The van der Waals surface area contributed by atoms with Crippen LogP contribution in [0.1, 0.15) is 51.9 Å². The van der Waals surface area contributed by atoms with Gasteiger partial charge in [-0.15, -0.1) is 12.3 Å². The van der Waals surface area contributed by atoms with Crippen molar-refractivity contribution in [2.45, 2.75) is 51.9 Å². The zero-order chi connectivity index (χ0) is 8.36. The van der Waals surface area contributed by atoms with E-state index >= 15 is 0 Å². The van der Waals surface area contributed by atoms with E-state index in [1.54, 1.807) is 0 Å². The van der Waals surface area contributed by atoms with Crippen molar-refractivity contribution >= 4 is 0 Å². The zero-order valence-corrected chi connectivity index (χ0v) is 7.60. The van der Waals surface area contributed by atoms with Crippen LogP contribution in [0, 0.1) is 18.8 Å². The van der Waals surface area contributed by atoms with E-state index in [-0.39, 0.29) is 0 Å². The molecule has 0 heteroatoms. The molecule has 0 aliphatic rings. The predicted octanol–water partition coefficient (Wildman–Crippen LogP) is 3.57. The average Bonchev–Trinajstić information content (AvgIpc) is 2.03. The van der Waals surface area contributed by atoms with Crippen molar-refractivity contribution in [1.29, 1.82) is 0 Å². The minimum atomic E-state index is 1.10. The number of unbranched alkanes of at least 4 members (excludes halogenated alkanes) is 7. The largest absolute Gasteiger partial charge is 0.120 e. The molecule has 0 fully saturated rings. The van der Waals surface area contributed by atoms with E-state index in [9.17, 15) is 0 Å². The fourth-order valence-corrected chi connectivity index (χ4v) is 1.11. The number of hydrogen-bond acceptors (Lipinski definition) is 0. The second-order valence-electron chi connectivity index (χ2n) is 2.93. The Morgan fingerprint density at radius 2 is 1.73 bits per heavy atom. The Morgan fingerprint density at radius 3 is 2.36 bits per heavy atom. The third-order valence-electron chi connectivity index (χ3n) is 1.82. The fraction of sp³-hybridized carbons (Fsp3) is 0.727. The van der Waals surface area contributed by atoms with E-state index in [1.807, 2.05) is 6.42 Å². The lowest BCUT2D eigenvalue weighted by atomic mass is 10.1. The molecule has 0 spiro atoms. The van der Waals surface area contributed by atoms with Crippen LogP contribution >= 0.6 is 0 Å². The minimum absolute atomic E-state index is 1.10. The maximum atomic E-state index is 5.09. The molecule has 0 aromatic carbocycles. The predicted molar refractivity (Wildman–Crippen MR) is 51.1 cm³/mol. The van der Waals surface area contributed by atoms with Crippen LogP contribution in [0.15, 0.2) is 0 Å². The van der Waals surface area contributed by atoms with E-state index in [2.05, 4.69) is 12.8 Å². The van der Waals surface area contributed by atoms with Crippen LogP contribution < -0.4 is 0 Å². The lowest BCUT2D eigenvalue weighted by molar-refractivity contribution is 0.608. The van der Waals surface area contributed by atoms with Crippen molar-refractivity contribution in [3.05, 3.63) is 6.42 Å². The first kappa shape index (κ1) is 10.6. The van der Waals surface area contributed by atoms with Crippen LogP contribution in [0.5, 0.6) is 0 Å². The summed E-state index contributed by atoms with van der Waals surface area (Å²) in [5.41, 5.74) is 0. The van der Waals surface area contributed by atoms with Crippen molar-refractivity contribution in [3.63, 3.8) is 0 Å². The molecule has 0 aromatic rings.